The molecule has 1 aliphatic carbocycles. The highest BCUT2D eigenvalue weighted by molar-refractivity contribution is 6.03. The van der Waals surface area contributed by atoms with Crippen LogP contribution in [0.4, 0.5) is 5.88 Å². The Kier molecular flexibility index (Phi) is 6.78. The molecule has 5 heteroatoms. The molecule has 1 saturated carbocycles. The van der Waals surface area contributed by atoms with E-state index < -0.39 is 5.97 Å². The van der Waals surface area contributed by atoms with Gasteiger partial charge >= 0.3 is 5.97 Å². The predicted molar refractivity (Wildman–Crippen MR) is 114 cm³/mol. The maximum atomic E-state index is 13.4. The minimum absolute atomic E-state index is 0.0334. The number of benzene rings is 1. The number of anilines is 1. The van der Waals surface area contributed by atoms with Gasteiger partial charge in [0.15, 0.2) is 0 Å². The molecular formula is C24H31NO4. The fourth-order valence-corrected chi connectivity index (χ4v) is 3.95. The van der Waals surface area contributed by atoms with Crippen LogP contribution in [0, 0.1) is 11.8 Å². The normalized spacial score (nSPS) is 19.2. The third kappa shape index (κ3) is 4.72. The average Bonchev–Trinajstić information content (AvgIpc) is 3.14. The van der Waals surface area contributed by atoms with Crippen molar-refractivity contribution in [3.8, 4) is 11.3 Å². The number of carbonyl (C=O) groups is 2. The minimum atomic E-state index is -0.468. The van der Waals surface area contributed by atoms with Crippen molar-refractivity contribution >= 4 is 17.8 Å². The van der Waals surface area contributed by atoms with E-state index in [9.17, 15) is 9.59 Å². The number of amides is 1. The molecule has 3 rings (SSSR count). The highest BCUT2D eigenvalue weighted by Crippen LogP contribution is 2.36. The molecular weight excluding hydrogens is 366 g/mol. The summed E-state index contributed by atoms with van der Waals surface area (Å²) in [6, 6.07) is 11.1. The van der Waals surface area contributed by atoms with Gasteiger partial charge in [0.05, 0.1) is 6.61 Å². The number of nitrogens with zero attached hydrogens (tertiary/aromatic N) is 1. The van der Waals surface area contributed by atoms with Crippen LogP contribution in [0.5, 0.6) is 0 Å². The van der Waals surface area contributed by atoms with E-state index in [0.29, 0.717) is 23.1 Å². The Morgan fingerprint density at radius 1 is 1.14 bits per heavy atom. The summed E-state index contributed by atoms with van der Waals surface area (Å²) in [4.78, 5) is 27.8. The molecule has 0 unspecified atom stereocenters. The standard InChI is InChI=1S/C24H31NO4/c1-5-28-24(27)20-15-21(18-9-7-6-8-10-18)29-23(20)25(16(2)3)22(26)19-13-11-17(4)12-14-19/h6-10,15-17,19H,5,11-14H2,1-4H3/t17-,19-. The van der Waals surface area contributed by atoms with Gasteiger partial charge in [0.2, 0.25) is 11.8 Å². The predicted octanol–water partition coefficient (Wildman–Crippen LogP) is 5.69. The van der Waals surface area contributed by atoms with E-state index in [1.54, 1.807) is 17.9 Å². The van der Waals surface area contributed by atoms with Crippen LogP contribution in [0.15, 0.2) is 40.8 Å². The van der Waals surface area contributed by atoms with Crippen LogP contribution in [0.25, 0.3) is 11.3 Å². The molecule has 156 valence electrons. The van der Waals surface area contributed by atoms with Gasteiger partial charge in [0.25, 0.3) is 0 Å². The van der Waals surface area contributed by atoms with Crippen LogP contribution in [0.2, 0.25) is 0 Å². The Labute approximate surface area is 173 Å². The molecule has 0 spiro atoms. The zero-order valence-corrected chi connectivity index (χ0v) is 17.8. The summed E-state index contributed by atoms with van der Waals surface area (Å²) in [7, 11) is 0. The maximum absolute atomic E-state index is 13.4. The van der Waals surface area contributed by atoms with E-state index in [2.05, 4.69) is 6.92 Å². The largest absolute Gasteiger partial charge is 0.462 e. The zero-order chi connectivity index (χ0) is 21.0. The van der Waals surface area contributed by atoms with Crippen LogP contribution in [0.1, 0.15) is 63.7 Å². The average molecular weight is 398 g/mol. The van der Waals surface area contributed by atoms with E-state index in [0.717, 1.165) is 31.2 Å². The van der Waals surface area contributed by atoms with E-state index in [1.165, 1.54) is 0 Å². The summed E-state index contributed by atoms with van der Waals surface area (Å²) in [6.07, 6.45) is 3.87. The smallest absolute Gasteiger partial charge is 0.343 e. The molecule has 1 heterocycles. The van der Waals surface area contributed by atoms with Crippen molar-refractivity contribution in [1.29, 1.82) is 0 Å². The lowest BCUT2D eigenvalue weighted by Gasteiger charge is -2.32. The Morgan fingerprint density at radius 3 is 2.38 bits per heavy atom. The molecule has 0 atom stereocenters. The van der Waals surface area contributed by atoms with Crippen molar-refractivity contribution in [2.75, 3.05) is 11.5 Å². The zero-order valence-electron chi connectivity index (χ0n) is 17.8. The first-order valence-corrected chi connectivity index (χ1v) is 10.6. The Morgan fingerprint density at radius 2 is 1.79 bits per heavy atom. The quantitative estimate of drug-likeness (QED) is 0.588. The van der Waals surface area contributed by atoms with Crippen molar-refractivity contribution < 1.29 is 18.7 Å². The highest BCUT2D eigenvalue weighted by atomic mass is 16.5. The van der Waals surface area contributed by atoms with Gasteiger partial charge in [-0.05, 0) is 52.4 Å². The fourth-order valence-electron chi connectivity index (χ4n) is 3.95. The van der Waals surface area contributed by atoms with Crippen molar-refractivity contribution in [2.45, 2.75) is 59.4 Å². The van der Waals surface area contributed by atoms with Crippen molar-refractivity contribution in [3.63, 3.8) is 0 Å². The first-order valence-electron chi connectivity index (χ1n) is 10.6. The van der Waals surface area contributed by atoms with Gasteiger partial charge in [-0.25, -0.2) is 4.79 Å². The maximum Gasteiger partial charge on any atom is 0.343 e. The molecule has 0 bridgehead atoms. The van der Waals surface area contributed by atoms with Crippen LogP contribution in [0.3, 0.4) is 0 Å². The van der Waals surface area contributed by atoms with Gasteiger partial charge in [-0.2, -0.15) is 0 Å². The van der Waals surface area contributed by atoms with Gasteiger partial charge in [-0.15, -0.1) is 0 Å². The molecule has 2 aromatic rings. The van der Waals surface area contributed by atoms with E-state index >= 15 is 0 Å². The first kappa shape index (κ1) is 21.2. The van der Waals surface area contributed by atoms with Crippen molar-refractivity contribution in [3.05, 3.63) is 42.0 Å². The topological polar surface area (TPSA) is 59.8 Å². The summed E-state index contributed by atoms with van der Waals surface area (Å²) in [5.41, 5.74) is 1.16. The van der Waals surface area contributed by atoms with Crippen molar-refractivity contribution in [2.24, 2.45) is 11.8 Å². The highest BCUT2D eigenvalue weighted by Gasteiger charge is 2.35. The Bertz CT molecular complexity index is 832. The SMILES string of the molecule is CCOC(=O)c1cc(-c2ccccc2)oc1N(C(=O)[C@H]1CC[C@H](C)CC1)C(C)C. The second kappa shape index (κ2) is 9.29. The summed E-state index contributed by atoms with van der Waals surface area (Å²) in [5, 5.41) is 0. The van der Waals surface area contributed by atoms with Gasteiger partial charge in [0, 0.05) is 23.6 Å². The molecule has 1 aliphatic rings. The summed E-state index contributed by atoms with van der Waals surface area (Å²) in [6.45, 7) is 8.16. The number of esters is 1. The number of furan rings is 1. The summed E-state index contributed by atoms with van der Waals surface area (Å²) < 4.78 is 11.4. The molecule has 1 amide bonds. The van der Waals surface area contributed by atoms with Crippen LogP contribution < -0.4 is 4.90 Å². The van der Waals surface area contributed by atoms with E-state index in [4.69, 9.17) is 9.15 Å². The van der Waals surface area contributed by atoms with E-state index in [-0.39, 0.29) is 24.5 Å². The molecule has 0 N–H and O–H groups in total. The third-order valence-electron chi connectivity index (χ3n) is 5.60. The second-order valence-corrected chi connectivity index (χ2v) is 8.17. The third-order valence-corrected chi connectivity index (χ3v) is 5.60. The summed E-state index contributed by atoms with van der Waals surface area (Å²) in [5.74, 6) is 1.04. The van der Waals surface area contributed by atoms with Gasteiger partial charge in [-0.3, -0.25) is 9.69 Å². The van der Waals surface area contributed by atoms with Crippen molar-refractivity contribution in [1.82, 2.24) is 0 Å². The van der Waals surface area contributed by atoms with E-state index in [1.807, 2.05) is 44.2 Å². The number of hydrogen-bond donors (Lipinski definition) is 0. The lowest BCUT2D eigenvalue weighted by atomic mass is 9.82. The van der Waals surface area contributed by atoms with Gasteiger partial charge in [0.1, 0.15) is 11.3 Å². The number of carbonyl (C=O) groups excluding carboxylic acids is 2. The minimum Gasteiger partial charge on any atom is -0.462 e. The van der Waals surface area contributed by atoms with Crippen LogP contribution in [-0.2, 0) is 9.53 Å². The van der Waals surface area contributed by atoms with Gasteiger partial charge in [-0.1, -0.05) is 37.3 Å². The number of rotatable bonds is 6. The van der Waals surface area contributed by atoms with Crippen LogP contribution in [-0.4, -0.2) is 24.5 Å². The van der Waals surface area contributed by atoms with Crippen LogP contribution >= 0.6 is 0 Å². The number of ether oxygens (including phenoxy) is 1. The first-order chi connectivity index (χ1) is 13.9. The summed E-state index contributed by atoms with van der Waals surface area (Å²) >= 11 is 0. The van der Waals surface area contributed by atoms with Gasteiger partial charge < -0.3 is 9.15 Å². The Balaban J connectivity index is 2.01. The number of hydrogen-bond acceptors (Lipinski definition) is 4. The molecule has 0 aliphatic heterocycles. The monoisotopic (exact) mass is 397 g/mol. The molecule has 0 radical (unpaired) electrons. The lowest BCUT2D eigenvalue weighted by molar-refractivity contribution is -0.124. The molecule has 1 fully saturated rings. The Hall–Kier alpha value is -2.56. The molecule has 0 saturated heterocycles. The molecule has 5 nitrogen and oxygen atoms in total. The second-order valence-electron chi connectivity index (χ2n) is 8.17. The molecule has 29 heavy (non-hydrogen) atoms. The molecule has 1 aromatic carbocycles. The fraction of sp³-hybridized carbons (Fsp3) is 0.500. The lowest BCUT2D eigenvalue weighted by Crippen LogP contribution is -2.42. The molecule has 1 aromatic heterocycles.